The molecular formula is C14H19NO5. The van der Waals surface area contributed by atoms with E-state index in [0.29, 0.717) is 36.4 Å². The molecule has 2 aliphatic heterocycles. The summed E-state index contributed by atoms with van der Waals surface area (Å²) in [6.07, 6.45) is -0.0730. The average Bonchev–Trinajstić information content (AvgIpc) is 3.08. The van der Waals surface area contributed by atoms with Gasteiger partial charge < -0.3 is 23.8 Å². The molecule has 2 saturated heterocycles. The van der Waals surface area contributed by atoms with E-state index in [1.807, 2.05) is 12.1 Å². The topological polar surface area (TPSA) is 58.2 Å². The Morgan fingerprint density at radius 3 is 2.35 bits per heavy atom. The lowest BCUT2D eigenvalue weighted by molar-refractivity contribution is 0.0142. The number of benzene rings is 1. The lowest BCUT2D eigenvalue weighted by Gasteiger charge is -2.20. The summed E-state index contributed by atoms with van der Waals surface area (Å²) in [6, 6.07) is 4.01. The van der Waals surface area contributed by atoms with Gasteiger partial charge in [-0.05, 0) is 17.7 Å². The number of ether oxygens (including phenoxy) is 4. The molecule has 2 heterocycles. The highest BCUT2D eigenvalue weighted by atomic mass is 16.7. The first-order valence-electron chi connectivity index (χ1n) is 6.57. The van der Waals surface area contributed by atoms with Crippen molar-refractivity contribution < 1.29 is 23.8 Å². The van der Waals surface area contributed by atoms with Crippen molar-refractivity contribution in [3.63, 3.8) is 0 Å². The summed E-state index contributed by atoms with van der Waals surface area (Å²) in [5.74, 6) is 2.24. The van der Waals surface area contributed by atoms with Gasteiger partial charge in [0.15, 0.2) is 11.5 Å². The molecule has 1 aromatic carbocycles. The van der Waals surface area contributed by atoms with Gasteiger partial charge in [-0.15, -0.1) is 0 Å². The van der Waals surface area contributed by atoms with Crippen LogP contribution in [0.2, 0.25) is 0 Å². The Bertz CT molecular complexity index is 467. The summed E-state index contributed by atoms with van der Waals surface area (Å²) in [4.78, 5) is 5.30. The first-order valence-corrected chi connectivity index (χ1v) is 6.57. The molecule has 0 saturated carbocycles. The molecule has 3 rings (SSSR count). The van der Waals surface area contributed by atoms with E-state index in [2.05, 4.69) is 5.48 Å². The normalized spacial score (nSPS) is 28.2. The lowest BCUT2D eigenvalue weighted by Crippen LogP contribution is -2.28. The van der Waals surface area contributed by atoms with Crippen LogP contribution in [0.1, 0.15) is 11.7 Å². The molecule has 0 aliphatic carbocycles. The Hall–Kier alpha value is -1.50. The van der Waals surface area contributed by atoms with Gasteiger partial charge in [-0.3, -0.25) is 0 Å². The van der Waals surface area contributed by atoms with Gasteiger partial charge in [-0.25, -0.2) is 0 Å². The van der Waals surface area contributed by atoms with Gasteiger partial charge in [0.25, 0.3) is 0 Å². The minimum atomic E-state index is -0.0730. The molecule has 20 heavy (non-hydrogen) atoms. The fraction of sp³-hybridized carbons (Fsp3) is 0.571. The summed E-state index contributed by atoms with van der Waals surface area (Å²) in [6.45, 7) is 1.38. The highest BCUT2D eigenvalue weighted by molar-refractivity contribution is 5.54. The maximum absolute atomic E-state index is 5.88. The molecule has 1 N–H and O–H groups in total. The SMILES string of the molecule is COc1cc([C@@H]2OC[C@H]3CON[C@H]32)cc(OC)c1OC. The Balaban J connectivity index is 1.97. The number of hydrogen-bond acceptors (Lipinski definition) is 6. The molecule has 0 spiro atoms. The van der Waals surface area contributed by atoms with Gasteiger partial charge in [0.05, 0.1) is 40.6 Å². The van der Waals surface area contributed by atoms with E-state index in [4.69, 9.17) is 23.8 Å². The molecular weight excluding hydrogens is 262 g/mol. The summed E-state index contributed by atoms with van der Waals surface area (Å²) < 4.78 is 22.0. The van der Waals surface area contributed by atoms with Crippen LogP contribution in [0.5, 0.6) is 17.2 Å². The molecule has 6 nitrogen and oxygen atoms in total. The molecule has 2 fully saturated rings. The van der Waals surface area contributed by atoms with E-state index in [-0.39, 0.29) is 12.1 Å². The van der Waals surface area contributed by atoms with E-state index in [1.165, 1.54) is 0 Å². The molecule has 110 valence electrons. The zero-order valence-electron chi connectivity index (χ0n) is 11.8. The maximum Gasteiger partial charge on any atom is 0.203 e. The van der Waals surface area contributed by atoms with Crippen LogP contribution in [0, 0.1) is 5.92 Å². The first-order chi connectivity index (χ1) is 9.78. The fourth-order valence-electron chi connectivity index (χ4n) is 2.81. The second-order valence-electron chi connectivity index (χ2n) is 4.93. The molecule has 0 unspecified atom stereocenters. The van der Waals surface area contributed by atoms with Crippen LogP contribution < -0.4 is 19.7 Å². The average molecular weight is 281 g/mol. The van der Waals surface area contributed by atoms with Gasteiger partial charge in [-0.2, -0.15) is 5.48 Å². The van der Waals surface area contributed by atoms with Crippen molar-refractivity contribution in [3.8, 4) is 17.2 Å². The van der Waals surface area contributed by atoms with Crippen LogP contribution in [-0.2, 0) is 9.57 Å². The molecule has 0 aromatic heterocycles. The first kappa shape index (κ1) is 13.5. The maximum atomic E-state index is 5.88. The quantitative estimate of drug-likeness (QED) is 0.898. The predicted octanol–water partition coefficient (Wildman–Crippen LogP) is 1.30. The van der Waals surface area contributed by atoms with E-state index in [0.717, 1.165) is 5.56 Å². The van der Waals surface area contributed by atoms with Crippen LogP contribution in [0.15, 0.2) is 12.1 Å². The number of nitrogens with one attached hydrogen (secondary N) is 1. The zero-order valence-corrected chi connectivity index (χ0v) is 11.8. The van der Waals surface area contributed by atoms with Gasteiger partial charge in [0.2, 0.25) is 5.75 Å². The Morgan fingerprint density at radius 2 is 1.75 bits per heavy atom. The van der Waals surface area contributed by atoms with Crippen LogP contribution in [-0.4, -0.2) is 40.6 Å². The smallest absolute Gasteiger partial charge is 0.203 e. The number of fused-ring (bicyclic) bond motifs is 1. The van der Waals surface area contributed by atoms with Crippen molar-refractivity contribution in [3.05, 3.63) is 17.7 Å². The molecule has 6 heteroatoms. The third-order valence-electron chi connectivity index (χ3n) is 3.86. The molecule has 0 radical (unpaired) electrons. The highest BCUT2D eigenvalue weighted by Crippen LogP contribution is 2.43. The van der Waals surface area contributed by atoms with Crippen molar-refractivity contribution in [2.75, 3.05) is 34.5 Å². The second-order valence-corrected chi connectivity index (χ2v) is 4.93. The highest BCUT2D eigenvalue weighted by Gasteiger charge is 2.42. The minimum absolute atomic E-state index is 0.0730. The van der Waals surface area contributed by atoms with Gasteiger partial charge in [0.1, 0.15) is 6.10 Å². The number of rotatable bonds is 4. The summed E-state index contributed by atoms with van der Waals surface area (Å²) in [5, 5.41) is 0. The number of methoxy groups -OCH3 is 3. The summed E-state index contributed by atoms with van der Waals surface area (Å²) >= 11 is 0. The molecule has 0 amide bonds. The lowest BCUT2D eigenvalue weighted by atomic mass is 9.96. The number of hydrogen-bond donors (Lipinski definition) is 1. The van der Waals surface area contributed by atoms with Gasteiger partial charge in [-0.1, -0.05) is 0 Å². The number of hydroxylamine groups is 1. The minimum Gasteiger partial charge on any atom is -0.493 e. The summed E-state index contributed by atoms with van der Waals surface area (Å²) in [7, 11) is 4.81. The summed E-state index contributed by atoms with van der Waals surface area (Å²) in [5.41, 5.74) is 4.02. The van der Waals surface area contributed by atoms with E-state index < -0.39 is 0 Å². The molecule has 1 aromatic rings. The van der Waals surface area contributed by atoms with Crippen molar-refractivity contribution in [1.82, 2.24) is 5.48 Å². The second kappa shape index (κ2) is 5.47. The third-order valence-corrected chi connectivity index (χ3v) is 3.86. The van der Waals surface area contributed by atoms with Gasteiger partial charge >= 0.3 is 0 Å². The van der Waals surface area contributed by atoms with Crippen LogP contribution in [0.25, 0.3) is 0 Å². The third kappa shape index (κ3) is 2.09. The van der Waals surface area contributed by atoms with Crippen molar-refractivity contribution in [1.29, 1.82) is 0 Å². The predicted molar refractivity (Wildman–Crippen MR) is 71.2 cm³/mol. The molecule has 2 aliphatic rings. The monoisotopic (exact) mass is 281 g/mol. The van der Waals surface area contributed by atoms with Crippen molar-refractivity contribution in [2.45, 2.75) is 12.1 Å². The Labute approximate surface area is 117 Å². The van der Waals surface area contributed by atoms with Gasteiger partial charge in [0, 0.05) is 5.92 Å². The van der Waals surface area contributed by atoms with Crippen LogP contribution in [0.4, 0.5) is 0 Å². The Morgan fingerprint density at radius 1 is 1.05 bits per heavy atom. The van der Waals surface area contributed by atoms with E-state index >= 15 is 0 Å². The zero-order chi connectivity index (χ0) is 14.1. The van der Waals surface area contributed by atoms with E-state index in [1.54, 1.807) is 21.3 Å². The van der Waals surface area contributed by atoms with Crippen molar-refractivity contribution >= 4 is 0 Å². The van der Waals surface area contributed by atoms with Crippen LogP contribution >= 0.6 is 0 Å². The fourth-order valence-corrected chi connectivity index (χ4v) is 2.81. The van der Waals surface area contributed by atoms with Crippen LogP contribution in [0.3, 0.4) is 0 Å². The standard InChI is InChI=1S/C14H19NO5/c1-16-10-4-8(5-11(17-2)14(10)18-3)13-12-9(6-19-13)7-20-15-12/h4-5,9,12-13,15H,6-7H2,1-3H3/t9-,12+,13-/m0/s1. The molecule has 0 bridgehead atoms. The van der Waals surface area contributed by atoms with E-state index in [9.17, 15) is 0 Å². The molecule has 3 atom stereocenters. The van der Waals surface area contributed by atoms with Crippen molar-refractivity contribution in [2.24, 2.45) is 5.92 Å². The Kier molecular flexibility index (Phi) is 3.69. The largest absolute Gasteiger partial charge is 0.493 e.